The van der Waals surface area contributed by atoms with Crippen LogP contribution in [0.3, 0.4) is 0 Å². The Kier molecular flexibility index (Phi) is 4.85. The van der Waals surface area contributed by atoms with Crippen molar-refractivity contribution in [3.63, 3.8) is 0 Å². The highest BCUT2D eigenvalue weighted by Gasteiger charge is 2.25. The Balaban J connectivity index is 1.08. The molecule has 244 valence electrons. The van der Waals surface area contributed by atoms with Crippen molar-refractivity contribution in [1.82, 2.24) is 0 Å². The molecular weight excluding hydrogens is 649 g/mol. The van der Waals surface area contributed by atoms with Gasteiger partial charge in [-0.1, -0.05) is 158 Å². The van der Waals surface area contributed by atoms with Crippen molar-refractivity contribution < 1.29 is 0 Å². The van der Waals surface area contributed by atoms with Crippen molar-refractivity contribution >= 4 is 97.0 Å². The van der Waals surface area contributed by atoms with Crippen LogP contribution in [-0.4, -0.2) is 0 Å². The van der Waals surface area contributed by atoms with Gasteiger partial charge in [0.15, 0.2) is 0 Å². The van der Waals surface area contributed by atoms with E-state index in [1.807, 2.05) is 0 Å². The molecule has 0 fully saturated rings. The molecule has 0 spiro atoms. The van der Waals surface area contributed by atoms with Crippen LogP contribution in [0.5, 0.6) is 0 Å². The zero-order valence-corrected chi connectivity index (χ0v) is 29.2. The Labute approximate surface area is 310 Å². The minimum absolute atomic E-state index is 1.29. The summed E-state index contributed by atoms with van der Waals surface area (Å²) in [4.78, 5) is 0. The first-order valence-electron chi connectivity index (χ1n) is 19.0. The molecule has 14 rings (SSSR count). The minimum Gasteiger partial charge on any atom is -0.0616 e. The standard InChI is InChI=1S/C54H28/c1-3-11-35-33(9-1)45(37-23-25-43-39-13-5-7-29-15-17-31-19-21-41(37)53(43)51(31)49(29)39)27-48-36-12-4-2-10-34(36)46(28-47(35)48)38-24-26-44-40-14-6-8-30-16-18-32-20-22-42(38)54(44)52(32)50(30)40/h1-28H. The fraction of sp³-hybridized carbons (Fsp3) is 0. The summed E-state index contributed by atoms with van der Waals surface area (Å²) >= 11 is 0. The van der Waals surface area contributed by atoms with E-state index in [1.165, 1.54) is 141 Å². The highest BCUT2D eigenvalue weighted by molar-refractivity contribution is 6.37. The van der Waals surface area contributed by atoms with Crippen LogP contribution in [0.15, 0.2) is 170 Å². The van der Waals surface area contributed by atoms with Gasteiger partial charge in [0.05, 0.1) is 0 Å². The van der Waals surface area contributed by atoms with Crippen LogP contribution < -0.4 is 0 Å². The molecule has 0 heterocycles. The molecule has 0 unspecified atom stereocenters. The van der Waals surface area contributed by atoms with Crippen LogP contribution in [0, 0.1) is 0 Å². The lowest BCUT2D eigenvalue weighted by atomic mass is 9.85. The molecule has 0 bridgehead atoms. The molecule has 2 aliphatic rings. The normalized spacial score (nSPS) is 12.8. The Hall–Kier alpha value is -7.02. The van der Waals surface area contributed by atoms with Crippen LogP contribution in [-0.2, 0) is 0 Å². The van der Waals surface area contributed by atoms with E-state index in [0.717, 1.165) is 0 Å². The van der Waals surface area contributed by atoms with E-state index < -0.39 is 0 Å². The van der Waals surface area contributed by atoms with E-state index >= 15 is 0 Å². The largest absolute Gasteiger partial charge is 0.0616 e. The maximum atomic E-state index is 2.49. The fourth-order valence-corrected chi connectivity index (χ4v) is 10.8. The maximum absolute atomic E-state index is 2.49. The van der Waals surface area contributed by atoms with Crippen LogP contribution >= 0.6 is 0 Å². The van der Waals surface area contributed by atoms with Gasteiger partial charge >= 0.3 is 0 Å². The van der Waals surface area contributed by atoms with E-state index in [1.54, 1.807) is 0 Å². The second kappa shape index (κ2) is 9.50. The number of rotatable bonds is 2. The van der Waals surface area contributed by atoms with Crippen molar-refractivity contribution in [3.8, 4) is 44.5 Å². The smallest absolute Gasteiger partial charge is 0.00139 e. The second-order valence-electron chi connectivity index (χ2n) is 15.5. The first-order valence-corrected chi connectivity index (χ1v) is 19.0. The lowest BCUT2D eigenvalue weighted by Gasteiger charge is -2.18. The summed E-state index contributed by atoms with van der Waals surface area (Å²) in [5.74, 6) is 0. The van der Waals surface area contributed by atoms with E-state index in [2.05, 4.69) is 170 Å². The van der Waals surface area contributed by atoms with E-state index in [9.17, 15) is 0 Å². The van der Waals surface area contributed by atoms with Gasteiger partial charge in [-0.25, -0.2) is 0 Å². The van der Waals surface area contributed by atoms with Crippen molar-refractivity contribution in [1.29, 1.82) is 0 Å². The first kappa shape index (κ1) is 27.6. The molecule has 0 N–H and O–H groups in total. The molecule has 0 radical (unpaired) electrons. The third-order valence-electron chi connectivity index (χ3n) is 13.0. The fourth-order valence-electron chi connectivity index (χ4n) is 10.8. The van der Waals surface area contributed by atoms with Crippen molar-refractivity contribution in [2.75, 3.05) is 0 Å². The highest BCUT2D eigenvalue weighted by atomic mass is 14.3. The Morgan fingerprint density at radius 2 is 0.537 bits per heavy atom. The molecule has 0 amide bonds. The summed E-state index contributed by atoms with van der Waals surface area (Å²) in [5, 5.41) is 24.1. The van der Waals surface area contributed by atoms with Gasteiger partial charge in [-0.15, -0.1) is 0 Å². The van der Waals surface area contributed by atoms with E-state index in [4.69, 9.17) is 0 Å². The molecule has 54 heavy (non-hydrogen) atoms. The molecule has 2 aliphatic carbocycles. The molecule has 0 saturated carbocycles. The average Bonchev–Trinajstić information content (AvgIpc) is 3.77. The van der Waals surface area contributed by atoms with E-state index in [-0.39, 0.29) is 0 Å². The van der Waals surface area contributed by atoms with Gasteiger partial charge in [-0.05, 0) is 154 Å². The molecule has 12 aromatic rings. The number of hydrogen-bond donors (Lipinski definition) is 0. The quantitative estimate of drug-likeness (QED) is 0.160. The molecule has 12 aromatic carbocycles. The highest BCUT2D eigenvalue weighted by Crippen LogP contribution is 2.53. The number of hydrogen-bond acceptors (Lipinski definition) is 0. The van der Waals surface area contributed by atoms with Gasteiger partial charge in [0, 0.05) is 0 Å². The van der Waals surface area contributed by atoms with Gasteiger partial charge in [-0.3, -0.25) is 0 Å². The molecular formula is C54H28. The third-order valence-corrected chi connectivity index (χ3v) is 13.0. The topological polar surface area (TPSA) is 0 Å². The summed E-state index contributed by atoms with van der Waals surface area (Å²) in [7, 11) is 0. The summed E-state index contributed by atoms with van der Waals surface area (Å²) in [6.07, 6.45) is 0. The van der Waals surface area contributed by atoms with Crippen molar-refractivity contribution in [2.45, 2.75) is 0 Å². The molecule has 0 nitrogen and oxygen atoms in total. The van der Waals surface area contributed by atoms with Crippen LogP contribution in [0.1, 0.15) is 0 Å². The van der Waals surface area contributed by atoms with Gasteiger partial charge in [0.1, 0.15) is 0 Å². The predicted octanol–water partition coefficient (Wildman–Crippen LogP) is 15.4. The molecule has 0 heteroatoms. The van der Waals surface area contributed by atoms with Crippen molar-refractivity contribution in [2.24, 2.45) is 0 Å². The van der Waals surface area contributed by atoms with E-state index in [0.29, 0.717) is 0 Å². The summed E-state index contributed by atoms with van der Waals surface area (Å²) in [6.45, 7) is 0. The van der Waals surface area contributed by atoms with Gasteiger partial charge in [0.25, 0.3) is 0 Å². The van der Waals surface area contributed by atoms with Gasteiger partial charge < -0.3 is 0 Å². The zero-order valence-electron chi connectivity index (χ0n) is 29.2. The molecule has 0 saturated heterocycles. The van der Waals surface area contributed by atoms with Crippen LogP contribution in [0.2, 0.25) is 0 Å². The first-order chi connectivity index (χ1) is 26.8. The molecule has 0 aromatic heterocycles. The minimum atomic E-state index is 1.29. The summed E-state index contributed by atoms with van der Waals surface area (Å²) in [6, 6.07) is 64.7. The SMILES string of the molecule is c1cc2c3c(c1)ccc1ccc4c(-c5cc6c7ccccc7c(-c7ccc8c9c7ccc7ccc%10cccc-8c%10c79)cc6c6ccccc56)ccc-2c4c13. The number of benzene rings is 12. The summed E-state index contributed by atoms with van der Waals surface area (Å²) < 4.78 is 0. The third kappa shape index (κ3) is 3.20. The Morgan fingerprint density at radius 1 is 0.167 bits per heavy atom. The molecule has 0 atom stereocenters. The lowest BCUT2D eigenvalue weighted by molar-refractivity contribution is 1.70. The van der Waals surface area contributed by atoms with Gasteiger partial charge in [0.2, 0.25) is 0 Å². The molecule has 0 aliphatic heterocycles. The Bertz CT molecular complexity index is 3520. The second-order valence-corrected chi connectivity index (χ2v) is 15.5. The monoisotopic (exact) mass is 676 g/mol. The Morgan fingerprint density at radius 3 is 1.00 bits per heavy atom. The van der Waals surface area contributed by atoms with Crippen LogP contribution in [0.25, 0.3) is 141 Å². The predicted molar refractivity (Wildman–Crippen MR) is 233 cm³/mol. The summed E-state index contributed by atoms with van der Waals surface area (Å²) in [5.41, 5.74) is 10.6. The lowest BCUT2D eigenvalue weighted by Crippen LogP contribution is -1.91. The zero-order chi connectivity index (χ0) is 34.8. The number of fused-ring (bicyclic) bond motifs is 7. The maximum Gasteiger partial charge on any atom is -0.00139 e. The average molecular weight is 677 g/mol. The van der Waals surface area contributed by atoms with Crippen molar-refractivity contribution in [3.05, 3.63) is 170 Å². The van der Waals surface area contributed by atoms with Crippen LogP contribution in [0.4, 0.5) is 0 Å². The van der Waals surface area contributed by atoms with Gasteiger partial charge in [-0.2, -0.15) is 0 Å².